The molecule has 1 aromatic heterocycles. The van der Waals surface area contributed by atoms with Crippen molar-refractivity contribution in [2.75, 3.05) is 6.61 Å². The number of carbonyl (C=O) groups is 1. The third kappa shape index (κ3) is 3.45. The number of esters is 1. The second kappa shape index (κ2) is 6.52. The summed E-state index contributed by atoms with van der Waals surface area (Å²) in [5.74, 6) is -0.213. The van der Waals surface area contributed by atoms with Gasteiger partial charge >= 0.3 is 5.97 Å². The fourth-order valence-electron chi connectivity index (χ4n) is 1.73. The molecule has 0 bridgehead atoms. The first-order valence-corrected chi connectivity index (χ1v) is 6.29. The molecule has 4 heteroatoms. The van der Waals surface area contributed by atoms with Crippen LogP contribution >= 0.6 is 0 Å². The molecule has 0 aliphatic heterocycles. The van der Waals surface area contributed by atoms with Crippen LogP contribution in [-0.2, 0) is 9.53 Å². The number of aromatic nitrogens is 1. The third-order valence-electron chi connectivity index (χ3n) is 2.67. The summed E-state index contributed by atoms with van der Waals surface area (Å²) in [5, 5.41) is 9.28. The lowest BCUT2D eigenvalue weighted by Gasteiger charge is -2.07. The van der Waals surface area contributed by atoms with E-state index in [1.807, 2.05) is 0 Å². The van der Waals surface area contributed by atoms with Crippen LogP contribution in [0.1, 0.15) is 18.1 Å². The first-order chi connectivity index (χ1) is 9.70. The molecule has 0 spiro atoms. The van der Waals surface area contributed by atoms with Gasteiger partial charge in [0.05, 0.1) is 12.2 Å². The van der Waals surface area contributed by atoms with E-state index in [4.69, 9.17) is 4.74 Å². The van der Waals surface area contributed by atoms with Crippen molar-refractivity contribution in [3.63, 3.8) is 0 Å². The molecule has 102 valence electrons. The molecular formula is C16H15NO3. The van der Waals surface area contributed by atoms with Gasteiger partial charge in [0.25, 0.3) is 0 Å². The van der Waals surface area contributed by atoms with Crippen molar-refractivity contribution in [1.29, 1.82) is 0 Å². The van der Waals surface area contributed by atoms with E-state index in [0.29, 0.717) is 17.7 Å². The van der Waals surface area contributed by atoms with Gasteiger partial charge < -0.3 is 9.84 Å². The summed E-state index contributed by atoms with van der Waals surface area (Å²) in [6.45, 7) is 2.07. The molecule has 0 unspecified atom stereocenters. The monoisotopic (exact) mass is 269 g/mol. The summed E-state index contributed by atoms with van der Waals surface area (Å²) >= 11 is 0. The molecule has 0 amide bonds. The Balaban J connectivity index is 2.41. The van der Waals surface area contributed by atoms with Crippen molar-refractivity contribution in [2.45, 2.75) is 6.92 Å². The Hall–Kier alpha value is -2.62. The molecule has 0 saturated carbocycles. The van der Waals surface area contributed by atoms with Crippen molar-refractivity contribution in [3.05, 3.63) is 59.9 Å². The van der Waals surface area contributed by atoms with Gasteiger partial charge in [-0.15, -0.1) is 0 Å². The van der Waals surface area contributed by atoms with E-state index < -0.39 is 5.97 Å². The molecule has 2 aromatic rings. The molecule has 0 fully saturated rings. The smallest absolute Gasteiger partial charge is 0.338 e. The molecule has 20 heavy (non-hydrogen) atoms. The van der Waals surface area contributed by atoms with E-state index in [1.54, 1.807) is 61.8 Å². The molecule has 1 heterocycles. The zero-order valence-corrected chi connectivity index (χ0v) is 11.1. The predicted octanol–water partition coefficient (Wildman–Crippen LogP) is 2.89. The van der Waals surface area contributed by atoms with Crippen LogP contribution < -0.4 is 0 Å². The van der Waals surface area contributed by atoms with Crippen LogP contribution in [0.25, 0.3) is 11.6 Å². The van der Waals surface area contributed by atoms with E-state index >= 15 is 0 Å². The second-order valence-electron chi connectivity index (χ2n) is 4.11. The SMILES string of the molecule is CCOC(=O)C(=Cc1ccc(O)cc1)c1cccnc1. The Labute approximate surface area is 117 Å². The maximum atomic E-state index is 12.0. The first-order valence-electron chi connectivity index (χ1n) is 6.29. The Morgan fingerprint density at radius 2 is 2.05 bits per heavy atom. The highest BCUT2D eigenvalue weighted by Crippen LogP contribution is 2.20. The van der Waals surface area contributed by atoms with E-state index in [1.165, 1.54) is 0 Å². The fourth-order valence-corrected chi connectivity index (χ4v) is 1.73. The lowest BCUT2D eigenvalue weighted by molar-refractivity contribution is -0.136. The topological polar surface area (TPSA) is 59.4 Å². The number of ether oxygens (including phenoxy) is 1. The Bertz CT molecular complexity index is 603. The quantitative estimate of drug-likeness (QED) is 0.685. The fraction of sp³-hybridized carbons (Fsp3) is 0.125. The highest BCUT2D eigenvalue weighted by Gasteiger charge is 2.13. The molecule has 2 rings (SSSR count). The summed E-state index contributed by atoms with van der Waals surface area (Å²) in [5.41, 5.74) is 1.93. The number of phenolic OH excluding ortho intramolecular Hbond substituents is 1. The number of phenols is 1. The van der Waals surface area contributed by atoms with Crippen LogP contribution in [0.3, 0.4) is 0 Å². The lowest BCUT2D eigenvalue weighted by atomic mass is 10.0. The number of hydrogen-bond acceptors (Lipinski definition) is 4. The van der Waals surface area contributed by atoms with Crippen LogP contribution in [0.5, 0.6) is 5.75 Å². The molecular weight excluding hydrogens is 254 g/mol. The Morgan fingerprint density at radius 3 is 2.65 bits per heavy atom. The summed E-state index contributed by atoms with van der Waals surface area (Å²) in [4.78, 5) is 16.1. The normalized spacial score (nSPS) is 11.2. The molecule has 0 aliphatic rings. The Morgan fingerprint density at radius 1 is 1.30 bits per heavy atom. The average Bonchev–Trinajstić information content (AvgIpc) is 2.48. The standard InChI is InChI=1S/C16H15NO3/c1-2-20-16(19)15(13-4-3-9-17-11-13)10-12-5-7-14(18)8-6-12/h3-11,18H,2H2,1H3. The van der Waals surface area contributed by atoms with Gasteiger partial charge in [-0.2, -0.15) is 0 Å². The Kier molecular flexibility index (Phi) is 4.50. The predicted molar refractivity (Wildman–Crippen MR) is 76.8 cm³/mol. The number of pyridine rings is 1. The first kappa shape index (κ1) is 13.8. The average molecular weight is 269 g/mol. The zero-order valence-electron chi connectivity index (χ0n) is 11.1. The van der Waals surface area contributed by atoms with Crippen molar-refractivity contribution in [2.24, 2.45) is 0 Å². The molecule has 0 radical (unpaired) electrons. The number of carbonyl (C=O) groups excluding carboxylic acids is 1. The number of aromatic hydroxyl groups is 1. The van der Waals surface area contributed by atoms with Crippen molar-refractivity contribution >= 4 is 17.6 Å². The van der Waals surface area contributed by atoms with Gasteiger partial charge in [0.2, 0.25) is 0 Å². The van der Waals surface area contributed by atoms with Gasteiger partial charge in [-0.1, -0.05) is 18.2 Å². The van der Waals surface area contributed by atoms with Crippen LogP contribution in [0, 0.1) is 0 Å². The minimum absolute atomic E-state index is 0.182. The van der Waals surface area contributed by atoms with E-state index in [-0.39, 0.29) is 5.75 Å². The number of hydrogen-bond donors (Lipinski definition) is 1. The number of rotatable bonds is 4. The molecule has 0 atom stereocenters. The summed E-state index contributed by atoms with van der Waals surface area (Å²) in [6.07, 6.45) is 4.98. The minimum atomic E-state index is -0.395. The van der Waals surface area contributed by atoms with Gasteiger partial charge in [-0.25, -0.2) is 4.79 Å². The summed E-state index contributed by atoms with van der Waals surface area (Å²) in [6, 6.07) is 10.2. The summed E-state index contributed by atoms with van der Waals surface area (Å²) in [7, 11) is 0. The van der Waals surface area contributed by atoms with E-state index in [0.717, 1.165) is 5.56 Å². The van der Waals surface area contributed by atoms with Gasteiger partial charge in [0.15, 0.2) is 0 Å². The largest absolute Gasteiger partial charge is 0.508 e. The van der Waals surface area contributed by atoms with Crippen LogP contribution in [0.2, 0.25) is 0 Å². The maximum absolute atomic E-state index is 12.0. The van der Waals surface area contributed by atoms with Crippen molar-refractivity contribution < 1.29 is 14.6 Å². The van der Waals surface area contributed by atoms with Gasteiger partial charge in [0, 0.05) is 18.0 Å². The molecule has 1 N–H and O–H groups in total. The number of nitrogens with zero attached hydrogens (tertiary/aromatic N) is 1. The van der Waals surface area contributed by atoms with E-state index in [9.17, 15) is 9.90 Å². The molecule has 4 nitrogen and oxygen atoms in total. The van der Waals surface area contributed by atoms with Gasteiger partial charge in [-0.3, -0.25) is 4.98 Å². The molecule has 1 aromatic carbocycles. The molecule has 0 aliphatic carbocycles. The van der Waals surface area contributed by atoms with Crippen LogP contribution in [0.15, 0.2) is 48.8 Å². The zero-order chi connectivity index (χ0) is 14.4. The summed E-state index contributed by atoms with van der Waals surface area (Å²) < 4.78 is 5.07. The second-order valence-corrected chi connectivity index (χ2v) is 4.11. The minimum Gasteiger partial charge on any atom is -0.508 e. The lowest BCUT2D eigenvalue weighted by Crippen LogP contribution is -2.07. The van der Waals surface area contributed by atoms with Crippen LogP contribution in [0.4, 0.5) is 0 Å². The number of benzene rings is 1. The van der Waals surface area contributed by atoms with Gasteiger partial charge in [0.1, 0.15) is 5.75 Å². The van der Waals surface area contributed by atoms with Crippen molar-refractivity contribution in [3.8, 4) is 5.75 Å². The van der Waals surface area contributed by atoms with Gasteiger partial charge in [-0.05, 0) is 36.8 Å². The highest BCUT2D eigenvalue weighted by molar-refractivity contribution is 6.21. The van der Waals surface area contributed by atoms with Crippen molar-refractivity contribution in [1.82, 2.24) is 4.98 Å². The highest BCUT2D eigenvalue weighted by atomic mass is 16.5. The third-order valence-corrected chi connectivity index (χ3v) is 2.67. The van der Waals surface area contributed by atoms with Crippen LogP contribution in [-0.4, -0.2) is 22.7 Å². The molecule has 0 saturated heterocycles. The van der Waals surface area contributed by atoms with E-state index in [2.05, 4.69) is 4.98 Å². The maximum Gasteiger partial charge on any atom is 0.338 e.